The molecule has 0 bridgehead atoms. The zero-order valence-electron chi connectivity index (χ0n) is 9.90. The highest BCUT2D eigenvalue weighted by molar-refractivity contribution is 5.96. The van der Waals surface area contributed by atoms with Gasteiger partial charge in [-0.15, -0.1) is 0 Å². The maximum absolute atomic E-state index is 12.1. The molecule has 1 aliphatic rings. The minimum atomic E-state index is -0.487. The van der Waals surface area contributed by atoms with Crippen molar-refractivity contribution >= 4 is 22.7 Å². The van der Waals surface area contributed by atoms with E-state index >= 15 is 0 Å². The van der Waals surface area contributed by atoms with E-state index in [1.54, 1.807) is 30.1 Å². The van der Waals surface area contributed by atoms with Gasteiger partial charge in [0, 0.05) is 31.9 Å². The average Bonchev–Trinajstić information content (AvgIpc) is 2.64. The summed E-state index contributed by atoms with van der Waals surface area (Å²) < 4.78 is 4.98. The van der Waals surface area contributed by atoms with Crippen LogP contribution in [0, 0.1) is 5.92 Å². The molecule has 1 amide bonds. The van der Waals surface area contributed by atoms with Crippen LogP contribution in [0.5, 0.6) is 0 Å². The van der Waals surface area contributed by atoms with E-state index in [2.05, 4.69) is 10.3 Å². The molecule has 0 radical (unpaired) electrons. The van der Waals surface area contributed by atoms with E-state index < -0.39 is 5.76 Å². The van der Waals surface area contributed by atoms with E-state index in [4.69, 9.17) is 4.42 Å². The molecule has 0 unspecified atom stereocenters. The van der Waals surface area contributed by atoms with Crippen molar-refractivity contribution in [1.29, 1.82) is 0 Å². The standard InChI is InChI=1S/C12H13N3O3/c1-15(11(16)7-5-13-6-7)8-2-3-9-10(4-8)18-12(17)14-9/h2-4,7,13H,5-6H2,1H3,(H,14,17). The molecule has 1 aliphatic heterocycles. The van der Waals surface area contributed by atoms with Gasteiger partial charge in [-0.2, -0.15) is 0 Å². The van der Waals surface area contributed by atoms with E-state index in [0.717, 1.165) is 18.8 Å². The molecule has 0 saturated carbocycles. The van der Waals surface area contributed by atoms with Gasteiger partial charge in [0.05, 0.1) is 11.4 Å². The molecule has 6 nitrogen and oxygen atoms in total. The summed E-state index contributed by atoms with van der Waals surface area (Å²) in [6.07, 6.45) is 0. The first-order chi connectivity index (χ1) is 8.65. The van der Waals surface area contributed by atoms with Crippen LogP contribution in [0.15, 0.2) is 27.4 Å². The van der Waals surface area contributed by atoms with Crippen LogP contribution < -0.4 is 16.0 Å². The second kappa shape index (κ2) is 3.99. The number of H-pyrrole nitrogens is 1. The molecular weight excluding hydrogens is 234 g/mol. The lowest BCUT2D eigenvalue weighted by Crippen LogP contribution is -2.51. The number of nitrogens with zero attached hydrogens (tertiary/aromatic N) is 1. The van der Waals surface area contributed by atoms with Crippen LogP contribution in [-0.2, 0) is 4.79 Å². The van der Waals surface area contributed by atoms with Gasteiger partial charge < -0.3 is 14.6 Å². The molecule has 2 N–H and O–H groups in total. The first-order valence-electron chi connectivity index (χ1n) is 5.76. The Morgan fingerprint density at radius 1 is 1.44 bits per heavy atom. The molecule has 1 saturated heterocycles. The molecule has 0 atom stereocenters. The fourth-order valence-electron chi connectivity index (χ4n) is 2.01. The summed E-state index contributed by atoms with van der Waals surface area (Å²) in [4.78, 5) is 27.3. The number of aromatic amines is 1. The first-order valence-corrected chi connectivity index (χ1v) is 5.76. The molecule has 6 heteroatoms. The van der Waals surface area contributed by atoms with Crippen molar-refractivity contribution in [2.75, 3.05) is 25.0 Å². The summed E-state index contributed by atoms with van der Waals surface area (Å²) in [7, 11) is 1.73. The number of carbonyl (C=O) groups is 1. The van der Waals surface area contributed by atoms with Crippen molar-refractivity contribution in [2.45, 2.75) is 0 Å². The summed E-state index contributed by atoms with van der Waals surface area (Å²) in [5.74, 6) is -0.366. The van der Waals surface area contributed by atoms with E-state index in [1.807, 2.05) is 0 Å². The maximum Gasteiger partial charge on any atom is 0.417 e. The molecule has 2 aromatic rings. The number of rotatable bonds is 2. The first kappa shape index (κ1) is 11.0. The Morgan fingerprint density at radius 2 is 2.22 bits per heavy atom. The highest BCUT2D eigenvalue weighted by Gasteiger charge is 2.28. The summed E-state index contributed by atoms with van der Waals surface area (Å²) in [5.41, 5.74) is 1.82. The summed E-state index contributed by atoms with van der Waals surface area (Å²) >= 11 is 0. The van der Waals surface area contributed by atoms with Crippen molar-refractivity contribution in [2.24, 2.45) is 5.92 Å². The van der Waals surface area contributed by atoms with Crippen LogP contribution in [0.2, 0.25) is 0 Å². The quantitative estimate of drug-likeness (QED) is 0.800. The number of fused-ring (bicyclic) bond motifs is 1. The maximum atomic E-state index is 12.1. The Bertz CT molecular complexity index is 654. The summed E-state index contributed by atoms with van der Waals surface area (Å²) in [6, 6.07) is 5.22. The number of benzene rings is 1. The van der Waals surface area contributed by atoms with E-state index in [1.165, 1.54) is 0 Å². The highest BCUT2D eigenvalue weighted by Crippen LogP contribution is 2.21. The smallest absolute Gasteiger partial charge is 0.408 e. The summed E-state index contributed by atoms with van der Waals surface area (Å²) in [5, 5.41) is 3.07. The lowest BCUT2D eigenvalue weighted by atomic mass is 10.0. The number of anilines is 1. The molecule has 1 aromatic carbocycles. The number of amides is 1. The Morgan fingerprint density at radius 3 is 2.89 bits per heavy atom. The Balaban J connectivity index is 1.92. The van der Waals surface area contributed by atoms with Gasteiger partial charge in [-0.3, -0.25) is 9.78 Å². The van der Waals surface area contributed by atoms with Gasteiger partial charge in [0.2, 0.25) is 5.91 Å². The molecule has 2 heterocycles. The second-order valence-corrected chi connectivity index (χ2v) is 4.45. The number of hydrogen-bond donors (Lipinski definition) is 2. The van der Waals surface area contributed by atoms with Crippen molar-refractivity contribution < 1.29 is 9.21 Å². The highest BCUT2D eigenvalue weighted by atomic mass is 16.4. The van der Waals surface area contributed by atoms with Crippen molar-refractivity contribution in [1.82, 2.24) is 10.3 Å². The third-order valence-corrected chi connectivity index (χ3v) is 3.25. The third-order valence-electron chi connectivity index (χ3n) is 3.25. The van der Waals surface area contributed by atoms with E-state index in [0.29, 0.717) is 11.1 Å². The van der Waals surface area contributed by atoms with Crippen molar-refractivity contribution in [3.8, 4) is 0 Å². The minimum absolute atomic E-state index is 0.0453. The zero-order chi connectivity index (χ0) is 12.7. The Labute approximate surface area is 103 Å². The van der Waals surface area contributed by atoms with Crippen LogP contribution in [0.4, 0.5) is 5.69 Å². The number of aromatic nitrogens is 1. The van der Waals surface area contributed by atoms with Gasteiger partial charge >= 0.3 is 5.76 Å². The van der Waals surface area contributed by atoms with E-state index in [9.17, 15) is 9.59 Å². The van der Waals surface area contributed by atoms with Gasteiger partial charge in [0.15, 0.2) is 5.58 Å². The van der Waals surface area contributed by atoms with Crippen molar-refractivity contribution in [3.05, 3.63) is 28.7 Å². The zero-order valence-corrected chi connectivity index (χ0v) is 9.90. The Kier molecular flexibility index (Phi) is 2.45. The number of carbonyl (C=O) groups excluding carboxylic acids is 1. The molecule has 94 valence electrons. The molecule has 3 rings (SSSR count). The predicted molar refractivity (Wildman–Crippen MR) is 66.6 cm³/mol. The van der Waals surface area contributed by atoms with Crippen LogP contribution in [0.3, 0.4) is 0 Å². The fraction of sp³-hybridized carbons (Fsp3) is 0.333. The van der Waals surface area contributed by atoms with Gasteiger partial charge in [-0.1, -0.05) is 0 Å². The molecule has 1 fully saturated rings. The SMILES string of the molecule is CN(C(=O)C1CNC1)c1ccc2[nH]c(=O)oc2c1. The monoisotopic (exact) mass is 247 g/mol. The third kappa shape index (κ3) is 1.70. The van der Waals surface area contributed by atoms with Crippen LogP contribution in [0.1, 0.15) is 0 Å². The van der Waals surface area contributed by atoms with Crippen molar-refractivity contribution in [3.63, 3.8) is 0 Å². The topological polar surface area (TPSA) is 78.3 Å². The molecular formula is C12H13N3O3. The molecule has 18 heavy (non-hydrogen) atoms. The number of oxazole rings is 1. The lowest BCUT2D eigenvalue weighted by Gasteiger charge is -2.30. The normalized spacial score (nSPS) is 15.6. The van der Waals surface area contributed by atoms with Gasteiger partial charge in [-0.25, -0.2) is 4.79 Å². The van der Waals surface area contributed by atoms with Gasteiger partial charge in [0.1, 0.15) is 0 Å². The van der Waals surface area contributed by atoms with Crippen LogP contribution >= 0.6 is 0 Å². The minimum Gasteiger partial charge on any atom is -0.408 e. The van der Waals surface area contributed by atoms with Crippen LogP contribution in [-0.4, -0.2) is 31.0 Å². The molecule has 1 aromatic heterocycles. The van der Waals surface area contributed by atoms with E-state index in [-0.39, 0.29) is 11.8 Å². The Hall–Kier alpha value is -2.08. The number of hydrogen-bond acceptors (Lipinski definition) is 4. The molecule has 0 spiro atoms. The average molecular weight is 247 g/mol. The summed E-state index contributed by atoms with van der Waals surface area (Å²) in [6.45, 7) is 1.45. The van der Waals surface area contributed by atoms with Gasteiger partial charge in [-0.05, 0) is 12.1 Å². The second-order valence-electron chi connectivity index (χ2n) is 4.45. The fourth-order valence-corrected chi connectivity index (χ4v) is 2.01. The largest absolute Gasteiger partial charge is 0.417 e. The lowest BCUT2D eigenvalue weighted by molar-refractivity contribution is -0.123. The van der Waals surface area contributed by atoms with Crippen LogP contribution in [0.25, 0.3) is 11.1 Å². The number of nitrogens with one attached hydrogen (secondary N) is 2. The van der Waals surface area contributed by atoms with Gasteiger partial charge in [0.25, 0.3) is 0 Å². The predicted octanol–water partition coefficient (Wildman–Crippen LogP) is 0.303. The molecule has 0 aliphatic carbocycles.